The highest BCUT2D eigenvalue weighted by Gasteiger charge is 2.17. The van der Waals surface area contributed by atoms with Gasteiger partial charge in [-0.25, -0.2) is 9.97 Å². The Balaban J connectivity index is 1.66. The van der Waals surface area contributed by atoms with Crippen molar-refractivity contribution in [3.05, 3.63) is 42.2 Å². The highest BCUT2D eigenvalue weighted by molar-refractivity contribution is 6.03. The van der Waals surface area contributed by atoms with E-state index in [0.29, 0.717) is 18.0 Å². The largest absolute Gasteiger partial charge is 0.494 e. The first-order valence-electron chi connectivity index (χ1n) is 8.77. The SMILES string of the molecule is CCOc1ccc(C(=O)Nc2cc(N3CCC(C)CC3)ncn2)cc1. The number of nitrogens with zero attached hydrogens (tertiary/aromatic N) is 3. The second-order valence-corrected chi connectivity index (χ2v) is 6.34. The molecule has 25 heavy (non-hydrogen) atoms. The monoisotopic (exact) mass is 340 g/mol. The molecule has 0 aliphatic carbocycles. The Morgan fingerprint density at radius 1 is 1.24 bits per heavy atom. The zero-order chi connectivity index (χ0) is 17.6. The lowest BCUT2D eigenvalue weighted by Crippen LogP contribution is -2.33. The molecular formula is C19H24N4O2. The number of anilines is 2. The highest BCUT2D eigenvalue weighted by atomic mass is 16.5. The highest BCUT2D eigenvalue weighted by Crippen LogP contribution is 2.22. The second-order valence-electron chi connectivity index (χ2n) is 6.34. The minimum atomic E-state index is -0.194. The van der Waals surface area contributed by atoms with E-state index in [9.17, 15) is 4.79 Å². The minimum Gasteiger partial charge on any atom is -0.494 e. The summed E-state index contributed by atoms with van der Waals surface area (Å²) >= 11 is 0. The number of rotatable bonds is 5. The summed E-state index contributed by atoms with van der Waals surface area (Å²) in [5.41, 5.74) is 0.565. The Hall–Kier alpha value is -2.63. The van der Waals surface area contributed by atoms with Gasteiger partial charge in [-0.1, -0.05) is 6.92 Å². The molecule has 0 spiro atoms. The number of hydrogen-bond acceptors (Lipinski definition) is 5. The van der Waals surface area contributed by atoms with Crippen LogP contribution in [0, 0.1) is 5.92 Å². The van der Waals surface area contributed by atoms with Crippen molar-refractivity contribution in [1.82, 2.24) is 9.97 Å². The molecule has 0 atom stereocenters. The number of carbonyl (C=O) groups excluding carboxylic acids is 1. The minimum absolute atomic E-state index is 0.194. The zero-order valence-electron chi connectivity index (χ0n) is 14.7. The van der Waals surface area contributed by atoms with Crippen LogP contribution in [-0.2, 0) is 0 Å². The van der Waals surface area contributed by atoms with Gasteiger partial charge in [-0.2, -0.15) is 0 Å². The van der Waals surface area contributed by atoms with Crippen molar-refractivity contribution in [3.63, 3.8) is 0 Å². The van der Waals surface area contributed by atoms with Gasteiger partial charge in [-0.15, -0.1) is 0 Å². The van der Waals surface area contributed by atoms with E-state index in [-0.39, 0.29) is 5.91 Å². The first-order chi connectivity index (χ1) is 12.2. The van der Waals surface area contributed by atoms with Gasteiger partial charge in [0.2, 0.25) is 0 Å². The number of piperidine rings is 1. The number of carbonyl (C=O) groups is 1. The van der Waals surface area contributed by atoms with Crippen LogP contribution in [0.1, 0.15) is 37.0 Å². The van der Waals surface area contributed by atoms with Gasteiger partial charge in [0, 0.05) is 24.7 Å². The van der Waals surface area contributed by atoms with Crippen molar-refractivity contribution in [2.75, 3.05) is 29.9 Å². The van der Waals surface area contributed by atoms with Gasteiger partial charge in [0.1, 0.15) is 23.7 Å². The van der Waals surface area contributed by atoms with Gasteiger partial charge in [0.15, 0.2) is 0 Å². The first-order valence-corrected chi connectivity index (χ1v) is 8.77. The molecule has 1 aliphatic rings. The van der Waals surface area contributed by atoms with Crippen LogP contribution >= 0.6 is 0 Å². The zero-order valence-corrected chi connectivity index (χ0v) is 14.7. The topological polar surface area (TPSA) is 67.3 Å². The number of ether oxygens (including phenoxy) is 1. The van der Waals surface area contributed by atoms with Crippen molar-refractivity contribution in [2.24, 2.45) is 5.92 Å². The molecule has 0 bridgehead atoms. The molecule has 2 aromatic rings. The maximum atomic E-state index is 12.4. The van der Waals surface area contributed by atoms with Crippen LogP contribution in [0.5, 0.6) is 5.75 Å². The summed E-state index contributed by atoms with van der Waals surface area (Å²) in [6.07, 6.45) is 3.83. The molecule has 1 saturated heterocycles. The van der Waals surface area contributed by atoms with Crippen LogP contribution in [0.3, 0.4) is 0 Å². The Bertz CT molecular complexity index is 710. The molecule has 1 N–H and O–H groups in total. The third-order valence-corrected chi connectivity index (χ3v) is 4.43. The number of benzene rings is 1. The molecular weight excluding hydrogens is 316 g/mol. The average molecular weight is 340 g/mol. The van der Waals surface area contributed by atoms with Gasteiger partial charge >= 0.3 is 0 Å². The molecule has 6 heteroatoms. The molecule has 1 aliphatic heterocycles. The second kappa shape index (κ2) is 7.96. The summed E-state index contributed by atoms with van der Waals surface area (Å²) in [5, 5.41) is 2.84. The Morgan fingerprint density at radius 3 is 2.64 bits per heavy atom. The Labute approximate surface area is 148 Å². The Kier molecular flexibility index (Phi) is 5.48. The molecule has 0 saturated carbocycles. The lowest BCUT2D eigenvalue weighted by atomic mass is 9.99. The van der Waals surface area contributed by atoms with Gasteiger partial charge in [-0.3, -0.25) is 4.79 Å². The van der Waals surface area contributed by atoms with Gasteiger partial charge in [0.25, 0.3) is 5.91 Å². The molecule has 1 fully saturated rings. The van der Waals surface area contributed by atoms with Gasteiger partial charge in [0.05, 0.1) is 6.61 Å². The fraction of sp³-hybridized carbons (Fsp3) is 0.421. The number of nitrogens with one attached hydrogen (secondary N) is 1. The molecule has 1 aromatic heterocycles. The molecule has 3 rings (SSSR count). The van der Waals surface area contributed by atoms with E-state index in [1.807, 2.05) is 13.0 Å². The fourth-order valence-corrected chi connectivity index (χ4v) is 2.88. The van der Waals surface area contributed by atoms with E-state index in [1.165, 1.54) is 6.33 Å². The number of aromatic nitrogens is 2. The molecule has 1 aromatic carbocycles. The summed E-state index contributed by atoms with van der Waals surface area (Å²) in [6, 6.07) is 8.91. The van der Waals surface area contributed by atoms with Crippen molar-refractivity contribution in [2.45, 2.75) is 26.7 Å². The Morgan fingerprint density at radius 2 is 1.96 bits per heavy atom. The number of hydrogen-bond donors (Lipinski definition) is 1. The molecule has 132 valence electrons. The predicted octanol–water partition coefficient (Wildman–Crippen LogP) is 3.36. The van der Waals surface area contributed by atoms with Crippen LogP contribution in [0.15, 0.2) is 36.7 Å². The van der Waals surface area contributed by atoms with E-state index in [4.69, 9.17) is 4.74 Å². The van der Waals surface area contributed by atoms with E-state index in [1.54, 1.807) is 24.3 Å². The quantitative estimate of drug-likeness (QED) is 0.904. The number of amides is 1. The van der Waals surface area contributed by atoms with E-state index in [2.05, 4.69) is 27.1 Å². The van der Waals surface area contributed by atoms with Crippen LogP contribution in [0.2, 0.25) is 0 Å². The molecule has 0 unspecified atom stereocenters. The third-order valence-electron chi connectivity index (χ3n) is 4.43. The van der Waals surface area contributed by atoms with Crippen LogP contribution in [0.4, 0.5) is 11.6 Å². The van der Waals surface area contributed by atoms with Crippen molar-refractivity contribution in [1.29, 1.82) is 0 Å². The van der Waals surface area contributed by atoms with Gasteiger partial charge < -0.3 is 15.0 Å². The van der Waals surface area contributed by atoms with E-state index >= 15 is 0 Å². The molecule has 0 radical (unpaired) electrons. The lowest BCUT2D eigenvalue weighted by molar-refractivity contribution is 0.102. The lowest BCUT2D eigenvalue weighted by Gasteiger charge is -2.31. The summed E-state index contributed by atoms with van der Waals surface area (Å²) < 4.78 is 5.39. The van der Waals surface area contributed by atoms with E-state index in [0.717, 1.165) is 43.4 Å². The summed E-state index contributed by atoms with van der Waals surface area (Å²) in [5.74, 6) is 2.70. The fourth-order valence-electron chi connectivity index (χ4n) is 2.88. The van der Waals surface area contributed by atoms with Crippen LogP contribution < -0.4 is 15.0 Å². The maximum absolute atomic E-state index is 12.4. The molecule has 2 heterocycles. The van der Waals surface area contributed by atoms with E-state index < -0.39 is 0 Å². The summed E-state index contributed by atoms with van der Waals surface area (Å²) in [7, 11) is 0. The normalized spacial score (nSPS) is 15.0. The smallest absolute Gasteiger partial charge is 0.256 e. The average Bonchev–Trinajstić information content (AvgIpc) is 2.63. The van der Waals surface area contributed by atoms with Crippen molar-refractivity contribution < 1.29 is 9.53 Å². The summed E-state index contributed by atoms with van der Waals surface area (Å²) in [4.78, 5) is 23.1. The standard InChI is InChI=1S/C19H24N4O2/c1-3-25-16-6-4-15(5-7-16)19(24)22-17-12-18(21-13-20-17)23-10-8-14(2)9-11-23/h4-7,12-14H,3,8-11H2,1-2H3,(H,20,21,22,24). The van der Waals surface area contributed by atoms with Gasteiger partial charge in [-0.05, 0) is 49.9 Å². The first kappa shape index (κ1) is 17.2. The molecule has 6 nitrogen and oxygen atoms in total. The predicted molar refractivity (Wildman–Crippen MR) is 98.2 cm³/mol. The third kappa shape index (κ3) is 4.47. The van der Waals surface area contributed by atoms with Crippen LogP contribution in [0.25, 0.3) is 0 Å². The van der Waals surface area contributed by atoms with Crippen LogP contribution in [-0.4, -0.2) is 35.6 Å². The maximum Gasteiger partial charge on any atom is 0.256 e. The van der Waals surface area contributed by atoms with Crippen molar-refractivity contribution in [3.8, 4) is 5.75 Å². The van der Waals surface area contributed by atoms with Crippen molar-refractivity contribution >= 4 is 17.5 Å². The summed E-state index contributed by atoms with van der Waals surface area (Å²) in [6.45, 7) is 6.79. The molecule has 1 amide bonds.